The van der Waals surface area contributed by atoms with E-state index in [2.05, 4.69) is 20.3 Å². The van der Waals surface area contributed by atoms with Gasteiger partial charge < -0.3 is 5.32 Å². The number of nitrogens with one attached hydrogen (secondary N) is 1. The smallest absolute Gasteiger partial charge is 0.322 e. The number of alkyl halides is 3. The maximum absolute atomic E-state index is 13.9. The second kappa shape index (κ2) is 8.81. The largest absolute Gasteiger partial charge is 0.417 e. The van der Waals surface area contributed by atoms with Crippen LogP contribution in [0.2, 0.25) is 0 Å². The van der Waals surface area contributed by atoms with Crippen LogP contribution in [0.15, 0.2) is 79.4 Å². The minimum absolute atomic E-state index is 0.196. The number of hydrogen-bond donors (Lipinski definition) is 1. The van der Waals surface area contributed by atoms with Crippen molar-refractivity contribution in [1.82, 2.24) is 15.0 Å². The first-order valence-electron chi connectivity index (χ1n) is 11.3. The van der Waals surface area contributed by atoms with Crippen LogP contribution in [-0.4, -0.2) is 26.8 Å². The number of aromatic nitrogens is 3. The lowest BCUT2D eigenvalue weighted by Crippen LogP contribution is -2.34. The van der Waals surface area contributed by atoms with Gasteiger partial charge in [-0.2, -0.15) is 13.2 Å². The lowest BCUT2D eigenvalue weighted by Gasteiger charge is -2.20. The molecule has 1 aliphatic heterocycles. The average Bonchev–Trinajstić information content (AvgIpc) is 3.09. The zero-order valence-electron chi connectivity index (χ0n) is 19.7. The first-order valence-corrected chi connectivity index (χ1v) is 11.3. The van der Waals surface area contributed by atoms with Crippen molar-refractivity contribution in [3.63, 3.8) is 0 Å². The van der Waals surface area contributed by atoms with Crippen LogP contribution in [0, 0.1) is 0 Å². The van der Waals surface area contributed by atoms with E-state index in [1.807, 2.05) is 0 Å². The van der Waals surface area contributed by atoms with E-state index in [1.165, 1.54) is 54.0 Å². The molecule has 7 nitrogen and oxygen atoms in total. The molecule has 186 valence electrons. The van der Waals surface area contributed by atoms with Crippen LogP contribution in [-0.2, 0) is 16.4 Å². The Labute approximate surface area is 210 Å². The second-order valence-corrected chi connectivity index (χ2v) is 8.96. The number of benzene rings is 2. The molecule has 2 aromatic carbocycles. The third-order valence-electron chi connectivity index (χ3n) is 6.22. The Bertz CT molecular complexity index is 1510. The first kappa shape index (κ1) is 24.1. The normalized spacial score (nSPS) is 14.4. The molecule has 0 spiro atoms. The van der Waals surface area contributed by atoms with Crippen molar-refractivity contribution in [2.45, 2.75) is 25.4 Å². The van der Waals surface area contributed by atoms with Gasteiger partial charge in [0.2, 0.25) is 11.9 Å². The lowest BCUT2D eigenvalue weighted by molar-refractivity contribution is -0.137. The van der Waals surface area contributed by atoms with Crippen molar-refractivity contribution in [2.24, 2.45) is 0 Å². The highest BCUT2D eigenvalue weighted by atomic mass is 19.4. The van der Waals surface area contributed by atoms with Gasteiger partial charge in [-0.05, 0) is 66.9 Å². The molecule has 5 rings (SSSR count). The lowest BCUT2D eigenvalue weighted by atomic mass is 9.81. The van der Waals surface area contributed by atoms with Crippen LogP contribution >= 0.6 is 0 Å². The maximum Gasteiger partial charge on any atom is 0.417 e. The molecule has 0 aliphatic carbocycles. The van der Waals surface area contributed by atoms with Gasteiger partial charge in [-0.3, -0.25) is 14.6 Å². The third kappa shape index (κ3) is 4.20. The molecule has 4 aromatic rings. The molecule has 0 saturated heterocycles. The number of carbonyl (C=O) groups excluding carboxylic acids is 2. The zero-order chi connectivity index (χ0) is 26.4. The minimum atomic E-state index is -4.75. The van der Waals surface area contributed by atoms with E-state index in [9.17, 15) is 22.8 Å². The summed E-state index contributed by atoms with van der Waals surface area (Å²) >= 11 is 0. The molecule has 1 aliphatic rings. The molecule has 0 unspecified atom stereocenters. The summed E-state index contributed by atoms with van der Waals surface area (Å²) in [5.41, 5.74) is -0.302. The molecular formula is C27H20F3N5O2. The summed E-state index contributed by atoms with van der Waals surface area (Å²) in [5.74, 6) is -0.993. The second-order valence-electron chi connectivity index (χ2n) is 8.96. The number of fused-ring (bicyclic) bond motifs is 1. The number of amides is 2. The fourth-order valence-corrected chi connectivity index (χ4v) is 4.51. The van der Waals surface area contributed by atoms with Gasteiger partial charge in [-0.25, -0.2) is 14.9 Å². The average molecular weight is 503 g/mol. The summed E-state index contributed by atoms with van der Waals surface area (Å²) in [6, 6.07) is 13.2. The highest BCUT2D eigenvalue weighted by molar-refractivity contribution is 6.13. The molecule has 0 bridgehead atoms. The molecule has 0 atom stereocenters. The molecule has 1 N–H and O–H groups in total. The minimum Gasteiger partial charge on any atom is -0.322 e. The Morgan fingerprint density at radius 2 is 1.65 bits per heavy atom. The summed E-state index contributed by atoms with van der Waals surface area (Å²) in [4.78, 5) is 40.1. The highest BCUT2D eigenvalue weighted by Crippen LogP contribution is 2.49. The monoisotopic (exact) mass is 503 g/mol. The fraction of sp³-hybridized carbons (Fsp3) is 0.148. The van der Waals surface area contributed by atoms with Gasteiger partial charge in [-0.1, -0.05) is 18.2 Å². The van der Waals surface area contributed by atoms with Crippen LogP contribution in [0.4, 0.5) is 30.5 Å². The third-order valence-corrected chi connectivity index (χ3v) is 6.22. The molecule has 0 fully saturated rings. The van der Waals surface area contributed by atoms with Crippen LogP contribution in [0.5, 0.6) is 0 Å². The predicted molar refractivity (Wildman–Crippen MR) is 131 cm³/mol. The van der Waals surface area contributed by atoms with Gasteiger partial charge in [0, 0.05) is 30.5 Å². The van der Waals surface area contributed by atoms with E-state index in [0.29, 0.717) is 28.1 Å². The molecule has 2 aromatic heterocycles. The first-order chi connectivity index (χ1) is 17.6. The summed E-state index contributed by atoms with van der Waals surface area (Å²) in [6.07, 6.45) is 1.14. The van der Waals surface area contributed by atoms with E-state index < -0.39 is 28.6 Å². The number of halogens is 3. The maximum atomic E-state index is 13.9. The number of anilines is 3. The molecule has 37 heavy (non-hydrogen) atoms. The highest BCUT2D eigenvalue weighted by Gasteiger charge is 2.47. The SMILES string of the molecule is CC1(C)C(=O)N(c2ncccn2)c2cccc(-c3ccc(C(F)(F)F)c(C(=O)Nc4ccncc4)c3)c21. The van der Waals surface area contributed by atoms with Crippen LogP contribution in [0.1, 0.15) is 35.3 Å². The van der Waals surface area contributed by atoms with E-state index in [4.69, 9.17) is 0 Å². The van der Waals surface area contributed by atoms with Crippen molar-refractivity contribution in [2.75, 3.05) is 10.2 Å². The van der Waals surface area contributed by atoms with Gasteiger partial charge in [0.1, 0.15) is 0 Å². The Morgan fingerprint density at radius 1 is 0.946 bits per heavy atom. The van der Waals surface area contributed by atoms with E-state index in [1.54, 1.807) is 38.1 Å². The summed E-state index contributed by atoms with van der Waals surface area (Å²) in [7, 11) is 0. The van der Waals surface area contributed by atoms with Crippen LogP contribution in [0.3, 0.4) is 0 Å². The summed E-state index contributed by atoms with van der Waals surface area (Å²) in [5, 5.41) is 2.50. The van der Waals surface area contributed by atoms with Crippen molar-refractivity contribution in [3.05, 3.63) is 96.1 Å². The zero-order valence-corrected chi connectivity index (χ0v) is 19.7. The van der Waals surface area contributed by atoms with E-state index >= 15 is 0 Å². The topological polar surface area (TPSA) is 88.1 Å². The van der Waals surface area contributed by atoms with Gasteiger partial charge >= 0.3 is 6.18 Å². The fourth-order valence-electron chi connectivity index (χ4n) is 4.51. The summed E-state index contributed by atoms with van der Waals surface area (Å²) < 4.78 is 41.6. The Hall–Kier alpha value is -4.60. The van der Waals surface area contributed by atoms with E-state index in [-0.39, 0.29) is 11.9 Å². The van der Waals surface area contributed by atoms with Crippen molar-refractivity contribution in [1.29, 1.82) is 0 Å². The molecule has 2 amide bonds. The Balaban J connectivity index is 1.66. The number of rotatable bonds is 4. The van der Waals surface area contributed by atoms with Crippen molar-refractivity contribution in [3.8, 4) is 11.1 Å². The standard InChI is InChI=1S/C27H20F3N5O2/c1-26(2)22-18(5-3-6-21(22)35(24(26)37)25-32-11-4-12-33-25)16-7-8-20(27(28,29)30)19(15-16)23(36)34-17-9-13-31-14-10-17/h3-15H,1-2H3,(H,31,34,36). The summed E-state index contributed by atoms with van der Waals surface area (Å²) in [6.45, 7) is 3.48. The predicted octanol–water partition coefficient (Wildman–Crippen LogP) is 5.77. The Kier molecular flexibility index (Phi) is 5.74. The number of hydrogen-bond acceptors (Lipinski definition) is 5. The van der Waals surface area contributed by atoms with Gasteiger partial charge in [0.15, 0.2) is 0 Å². The van der Waals surface area contributed by atoms with Gasteiger partial charge in [-0.15, -0.1) is 0 Å². The van der Waals surface area contributed by atoms with Crippen LogP contribution < -0.4 is 10.2 Å². The number of nitrogens with zero attached hydrogens (tertiary/aromatic N) is 4. The number of pyridine rings is 1. The van der Waals surface area contributed by atoms with E-state index in [0.717, 1.165) is 6.07 Å². The quantitative estimate of drug-likeness (QED) is 0.382. The van der Waals surface area contributed by atoms with Crippen molar-refractivity contribution >= 4 is 29.1 Å². The molecule has 3 heterocycles. The van der Waals surface area contributed by atoms with Crippen molar-refractivity contribution < 1.29 is 22.8 Å². The molecule has 10 heteroatoms. The molecule has 0 radical (unpaired) electrons. The van der Waals surface area contributed by atoms with Gasteiger partial charge in [0.05, 0.1) is 22.2 Å². The van der Waals surface area contributed by atoms with Gasteiger partial charge in [0.25, 0.3) is 5.91 Å². The molecule has 0 saturated carbocycles. The molecular weight excluding hydrogens is 483 g/mol. The Morgan fingerprint density at radius 3 is 2.32 bits per heavy atom. The number of carbonyl (C=O) groups is 2. The van der Waals surface area contributed by atoms with Crippen LogP contribution in [0.25, 0.3) is 11.1 Å².